The molecule has 162 valence electrons. The van der Waals surface area contributed by atoms with E-state index in [0.29, 0.717) is 12.1 Å². The maximum atomic E-state index is 12.7. The number of amides is 1. The van der Waals surface area contributed by atoms with Gasteiger partial charge in [-0.05, 0) is 42.2 Å². The topological polar surface area (TPSA) is 87.7 Å². The molecule has 0 fully saturated rings. The van der Waals surface area contributed by atoms with Crippen LogP contribution in [0, 0.1) is 6.92 Å². The maximum Gasteiger partial charge on any atom is 0.251 e. The van der Waals surface area contributed by atoms with Crippen LogP contribution in [0.4, 0.5) is 0 Å². The summed E-state index contributed by atoms with van der Waals surface area (Å²) < 4.78 is 32.2. The van der Waals surface area contributed by atoms with Gasteiger partial charge in [0.25, 0.3) is 5.91 Å². The molecule has 0 saturated carbocycles. The zero-order valence-electron chi connectivity index (χ0n) is 17.5. The summed E-state index contributed by atoms with van der Waals surface area (Å²) in [4.78, 5) is 15.1. The van der Waals surface area contributed by atoms with Crippen LogP contribution < -0.4 is 10.0 Å². The van der Waals surface area contributed by atoms with Crippen LogP contribution in [0.5, 0.6) is 0 Å². The molecule has 0 unspecified atom stereocenters. The van der Waals surface area contributed by atoms with Gasteiger partial charge in [-0.1, -0.05) is 30.3 Å². The van der Waals surface area contributed by atoms with Crippen LogP contribution in [0.1, 0.15) is 27.0 Å². The summed E-state index contributed by atoms with van der Waals surface area (Å²) in [5, 5.41) is 2.93. The number of ether oxygens (including phenoxy) is 1. The van der Waals surface area contributed by atoms with Gasteiger partial charge in [0.05, 0.1) is 11.5 Å². The fourth-order valence-electron chi connectivity index (χ4n) is 3.54. The van der Waals surface area contributed by atoms with Gasteiger partial charge >= 0.3 is 0 Å². The standard InChI is InChI=1S/C22H29N3O4S/c1-17-7-8-20(30(27,28)24-11-14-29-2)15-21(17)22(26)23-10-13-25-12-9-18-5-3-4-6-19(18)16-25/h3-8,15,24H,9-14,16H2,1-2H3,(H,23,26). The van der Waals surface area contributed by atoms with Gasteiger partial charge in [-0.15, -0.1) is 0 Å². The highest BCUT2D eigenvalue weighted by Gasteiger charge is 2.19. The number of hydrogen-bond acceptors (Lipinski definition) is 5. The predicted octanol–water partition coefficient (Wildman–Crippen LogP) is 1.71. The maximum absolute atomic E-state index is 12.7. The van der Waals surface area contributed by atoms with Crippen LogP contribution in [0.15, 0.2) is 47.4 Å². The molecule has 0 aliphatic carbocycles. The molecular formula is C22H29N3O4S. The van der Waals surface area contributed by atoms with Crippen LogP contribution in [0.2, 0.25) is 0 Å². The van der Waals surface area contributed by atoms with Crippen LogP contribution >= 0.6 is 0 Å². The number of methoxy groups -OCH3 is 1. The van der Waals surface area contributed by atoms with Crippen LogP contribution in [-0.2, 0) is 27.7 Å². The van der Waals surface area contributed by atoms with E-state index in [9.17, 15) is 13.2 Å². The highest BCUT2D eigenvalue weighted by atomic mass is 32.2. The molecular weight excluding hydrogens is 402 g/mol. The Labute approximate surface area is 178 Å². The molecule has 1 amide bonds. The van der Waals surface area contributed by atoms with Crippen molar-refractivity contribution in [1.29, 1.82) is 0 Å². The number of hydrogen-bond donors (Lipinski definition) is 2. The van der Waals surface area contributed by atoms with Gasteiger partial charge in [-0.25, -0.2) is 13.1 Å². The average Bonchev–Trinajstić information content (AvgIpc) is 2.74. The molecule has 0 atom stereocenters. The summed E-state index contributed by atoms with van der Waals surface area (Å²) in [6.45, 7) is 5.34. The van der Waals surface area contributed by atoms with Crippen LogP contribution in [0.25, 0.3) is 0 Å². The highest BCUT2D eigenvalue weighted by molar-refractivity contribution is 7.89. The molecule has 0 bridgehead atoms. The van der Waals surface area contributed by atoms with E-state index in [4.69, 9.17) is 4.74 Å². The molecule has 2 N–H and O–H groups in total. The van der Waals surface area contributed by atoms with Crippen molar-refractivity contribution < 1.29 is 17.9 Å². The summed E-state index contributed by atoms with van der Waals surface area (Å²) in [6, 6.07) is 13.0. The number of carbonyl (C=O) groups is 1. The quantitative estimate of drug-likeness (QED) is 0.590. The fourth-order valence-corrected chi connectivity index (χ4v) is 4.58. The minimum atomic E-state index is -3.69. The first-order valence-electron chi connectivity index (χ1n) is 10.1. The molecule has 3 rings (SSSR count). The van der Waals surface area contributed by atoms with E-state index in [1.807, 2.05) is 0 Å². The third kappa shape index (κ3) is 5.66. The van der Waals surface area contributed by atoms with E-state index in [-0.39, 0.29) is 24.0 Å². The lowest BCUT2D eigenvalue weighted by atomic mass is 10.00. The number of carbonyl (C=O) groups excluding carboxylic acids is 1. The Morgan fingerprint density at radius 1 is 1.13 bits per heavy atom. The number of nitrogens with zero attached hydrogens (tertiary/aromatic N) is 1. The zero-order valence-corrected chi connectivity index (χ0v) is 18.3. The van der Waals surface area contributed by atoms with Gasteiger partial charge < -0.3 is 10.1 Å². The molecule has 0 radical (unpaired) electrons. The molecule has 30 heavy (non-hydrogen) atoms. The molecule has 2 aromatic rings. The second kappa shape index (κ2) is 10.2. The average molecular weight is 432 g/mol. The Morgan fingerprint density at radius 2 is 1.90 bits per heavy atom. The third-order valence-electron chi connectivity index (χ3n) is 5.29. The molecule has 7 nitrogen and oxygen atoms in total. The van der Waals surface area contributed by atoms with Gasteiger partial charge in [0.15, 0.2) is 0 Å². The number of benzene rings is 2. The van der Waals surface area contributed by atoms with Crippen molar-refractivity contribution in [2.24, 2.45) is 0 Å². The lowest BCUT2D eigenvalue weighted by Crippen LogP contribution is -2.38. The van der Waals surface area contributed by atoms with E-state index in [1.165, 1.54) is 30.4 Å². The van der Waals surface area contributed by atoms with Crippen LogP contribution in [-0.4, -0.2) is 59.1 Å². The van der Waals surface area contributed by atoms with Crippen LogP contribution in [0.3, 0.4) is 0 Å². The lowest BCUT2D eigenvalue weighted by molar-refractivity contribution is 0.0946. The van der Waals surface area contributed by atoms with Gasteiger partial charge in [0, 0.05) is 45.4 Å². The summed E-state index contributed by atoms with van der Waals surface area (Å²) in [5.41, 5.74) is 3.83. The Hall–Kier alpha value is -2.26. The molecule has 0 spiro atoms. The molecule has 1 aliphatic heterocycles. The number of rotatable bonds is 9. The molecule has 1 aliphatic rings. The first kappa shape index (κ1) is 22.4. The molecule has 2 aromatic carbocycles. The summed E-state index contributed by atoms with van der Waals surface area (Å²) in [7, 11) is -2.18. The SMILES string of the molecule is COCCNS(=O)(=O)c1ccc(C)c(C(=O)NCCN2CCc3ccccc3C2)c1. The summed E-state index contributed by atoms with van der Waals surface area (Å²) in [5.74, 6) is -0.265. The zero-order chi connectivity index (χ0) is 21.6. The minimum Gasteiger partial charge on any atom is -0.383 e. The predicted molar refractivity (Wildman–Crippen MR) is 116 cm³/mol. The first-order valence-corrected chi connectivity index (χ1v) is 11.6. The number of nitrogens with one attached hydrogen (secondary N) is 2. The highest BCUT2D eigenvalue weighted by Crippen LogP contribution is 2.18. The number of aryl methyl sites for hydroxylation is 1. The molecule has 0 saturated heterocycles. The largest absolute Gasteiger partial charge is 0.383 e. The van der Waals surface area contributed by atoms with E-state index in [1.54, 1.807) is 13.0 Å². The lowest BCUT2D eigenvalue weighted by Gasteiger charge is -2.28. The molecule has 0 aromatic heterocycles. The second-order valence-corrected chi connectivity index (χ2v) is 9.19. The van der Waals surface area contributed by atoms with Crippen molar-refractivity contribution in [3.05, 3.63) is 64.7 Å². The Kier molecular flexibility index (Phi) is 7.60. The van der Waals surface area contributed by atoms with Gasteiger partial charge in [0.1, 0.15) is 0 Å². The van der Waals surface area contributed by atoms with E-state index >= 15 is 0 Å². The Morgan fingerprint density at radius 3 is 2.67 bits per heavy atom. The number of sulfonamides is 1. The van der Waals surface area contributed by atoms with Crippen molar-refractivity contribution in [2.75, 3.05) is 39.9 Å². The molecule has 1 heterocycles. The first-order chi connectivity index (χ1) is 14.4. The minimum absolute atomic E-state index is 0.0713. The van der Waals surface area contributed by atoms with Gasteiger partial charge in [0.2, 0.25) is 10.0 Å². The number of fused-ring (bicyclic) bond motifs is 1. The Bertz CT molecular complexity index is 992. The summed E-state index contributed by atoms with van der Waals surface area (Å²) in [6.07, 6.45) is 1.01. The van der Waals surface area contributed by atoms with Crippen molar-refractivity contribution in [1.82, 2.24) is 14.9 Å². The Balaban J connectivity index is 1.58. The monoisotopic (exact) mass is 431 g/mol. The van der Waals surface area contributed by atoms with Crippen molar-refractivity contribution in [2.45, 2.75) is 24.8 Å². The van der Waals surface area contributed by atoms with E-state index in [2.05, 4.69) is 39.2 Å². The normalized spacial score (nSPS) is 14.3. The summed E-state index contributed by atoms with van der Waals surface area (Å²) >= 11 is 0. The van der Waals surface area contributed by atoms with E-state index in [0.717, 1.165) is 31.6 Å². The second-order valence-electron chi connectivity index (χ2n) is 7.42. The van der Waals surface area contributed by atoms with Crippen molar-refractivity contribution in [3.8, 4) is 0 Å². The smallest absolute Gasteiger partial charge is 0.251 e. The van der Waals surface area contributed by atoms with Crippen molar-refractivity contribution >= 4 is 15.9 Å². The van der Waals surface area contributed by atoms with Crippen molar-refractivity contribution in [3.63, 3.8) is 0 Å². The fraction of sp³-hybridized carbons (Fsp3) is 0.409. The van der Waals surface area contributed by atoms with E-state index < -0.39 is 10.0 Å². The van der Waals surface area contributed by atoms with Gasteiger partial charge in [-0.3, -0.25) is 9.69 Å². The third-order valence-corrected chi connectivity index (χ3v) is 6.74. The molecule has 8 heteroatoms. The van der Waals surface area contributed by atoms with Gasteiger partial charge in [-0.2, -0.15) is 0 Å².